The van der Waals surface area contributed by atoms with E-state index in [1.165, 1.54) is 0 Å². The van der Waals surface area contributed by atoms with Crippen LogP contribution in [0.3, 0.4) is 0 Å². The fourth-order valence-electron chi connectivity index (χ4n) is 1.83. The molecule has 17 heavy (non-hydrogen) atoms. The number of carbonyl (C=O) groups excluding carboxylic acids is 1. The average molecular weight is 235 g/mol. The Hall–Kier alpha value is -1.58. The zero-order valence-corrected chi connectivity index (χ0v) is 11.0. The summed E-state index contributed by atoms with van der Waals surface area (Å²) in [5.74, 6) is 0.941. The van der Waals surface area contributed by atoms with Crippen LogP contribution in [0.4, 0.5) is 5.82 Å². The molecule has 4 nitrogen and oxygen atoms in total. The predicted molar refractivity (Wildman–Crippen MR) is 69.7 cm³/mol. The van der Waals surface area contributed by atoms with E-state index in [0.29, 0.717) is 17.3 Å². The van der Waals surface area contributed by atoms with E-state index in [9.17, 15) is 4.79 Å². The zero-order chi connectivity index (χ0) is 13.0. The van der Waals surface area contributed by atoms with Crippen LogP contribution in [-0.2, 0) is 0 Å². The molecule has 1 aromatic heterocycles. The minimum atomic E-state index is -0.00718. The molecule has 2 N–H and O–H groups in total. The van der Waals surface area contributed by atoms with Crippen LogP contribution in [0, 0.1) is 5.92 Å². The zero-order valence-electron chi connectivity index (χ0n) is 11.0. The van der Waals surface area contributed by atoms with Crippen molar-refractivity contribution in [2.24, 2.45) is 5.92 Å². The summed E-state index contributed by atoms with van der Waals surface area (Å²) < 4.78 is 0. The summed E-state index contributed by atoms with van der Waals surface area (Å²) in [6, 6.07) is 3.52. The van der Waals surface area contributed by atoms with Crippen LogP contribution in [0.5, 0.6) is 0 Å². The van der Waals surface area contributed by atoms with E-state index in [4.69, 9.17) is 5.73 Å². The molecule has 1 amide bonds. The van der Waals surface area contributed by atoms with Crippen molar-refractivity contribution in [2.75, 3.05) is 12.8 Å². The lowest BCUT2D eigenvalue weighted by Gasteiger charge is -2.26. The molecule has 1 aromatic rings. The first kappa shape index (κ1) is 13.5. The number of aromatic nitrogens is 1. The maximum absolute atomic E-state index is 12.2. The summed E-state index contributed by atoms with van der Waals surface area (Å²) in [5, 5.41) is 0. The molecule has 0 aliphatic rings. The molecule has 0 fully saturated rings. The van der Waals surface area contributed by atoms with Gasteiger partial charge in [-0.15, -0.1) is 0 Å². The summed E-state index contributed by atoms with van der Waals surface area (Å²) in [6.07, 6.45) is 2.55. The van der Waals surface area contributed by atoms with Gasteiger partial charge in [-0.2, -0.15) is 0 Å². The third-order valence-corrected chi connectivity index (χ3v) is 2.82. The van der Waals surface area contributed by atoms with E-state index in [1.807, 2.05) is 7.05 Å². The Kier molecular flexibility index (Phi) is 4.49. The molecule has 0 bridgehead atoms. The van der Waals surface area contributed by atoms with E-state index in [0.717, 1.165) is 6.42 Å². The summed E-state index contributed by atoms with van der Waals surface area (Å²) in [5.41, 5.74) is 6.16. The minimum Gasteiger partial charge on any atom is -0.384 e. The number of amides is 1. The molecule has 0 saturated carbocycles. The van der Waals surface area contributed by atoms with Crippen molar-refractivity contribution in [1.82, 2.24) is 9.88 Å². The number of nitrogen functional groups attached to an aromatic ring is 1. The third kappa shape index (κ3) is 3.73. The molecule has 0 aliphatic heterocycles. The number of hydrogen-bond donors (Lipinski definition) is 1. The Bertz CT molecular complexity index is 390. The second-order valence-electron chi connectivity index (χ2n) is 4.86. The van der Waals surface area contributed by atoms with E-state index in [2.05, 4.69) is 25.8 Å². The highest BCUT2D eigenvalue weighted by Crippen LogP contribution is 2.13. The predicted octanol–water partition coefficient (Wildman–Crippen LogP) is 2.17. The molecule has 0 aliphatic carbocycles. The lowest BCUT2D eigenvalue weighted by atomic mass is 10.0. The number of hydrogen-bond acceptors (Lipinski definition) is 3. The Balaban J connectivity index is 2.76. The van der Waals surface area contributed by atoms with Crippen LogP contribution in [0.2, 0.25) is 0 Å². The van der Waals surface area contributed by atoms with Crippen LogP contribution in [0.25, 0.3) is 0 Å². The van der Waals surface area contributed by atoms with Crippen molar-refractivity contribution in [3.05, 3.63) is 23.9 Å². The van der Waals surface area contributed by atoms with Crippen molar-refractivity contribution >= 4 is 11.7 Å². The molecule has 1 unspecified atom stereocenters. The van der Waals surface area contributed by atoms with Crippen LogP contribution < -0.4 is 5.73 Å². The quantitative estimate of drug-likeness (QED) is 0.870. The highest BCUT2D eigenvalue weighted by molar-refractivity contribution is 5.94. The number of anilines is 1. The number of carbonyl (C=O) groups is 1. The van der Waals surface area contributed by atoms with Gasteiger partial charge in [-0.25, -0.2) is 4.98 Å². The maximum atomic E-state index is 12.2. The van der Waals surface area contributed by atoms with Crippen molar-refractivity contribution < 1.29 is 4.79 Å². The second kappa shape index (κ2) is 5.66. The van der Waals surface area contributed by atoms with Gasteiger partial charge in [0.2, 0.25) is 0 Å². The molecular formula is C13H21N3O. The molecular weight excluding hydrogens is 214 g/mol. The molecule has 1 heterocycles. The summed E-state index contributed by atoms with van der Waals surface area (Å²) in [4.78, 5) is 17.8. The maximum Gasteiger partial charge on any atom is 0.254 e. The van der Waals surface area contributed by atoms with Gasteiger partial charge in [0.15, 0.2) is 0 Å². The Morgan fingerprint density at radius 1 is 1.47 bits per heavy atom. The monoisotopic (exact) mass is 235 g/mol. The first-order valence-corrected chi connectivity index (χ1v) is 5.90. The number of pyridine rings is 1. The van der Waals surface area contributed by atoms with E-state index in [-0.39, 0.29) is 11.9 Å². The lowest BCUT2D eigenvalue weighted by molar-refractivity contribution is 0.0728. The third-order valence-electron chi connectivity index (χ3n) is 2.82. The van der Waals surface area contributed by atoms with Gasteiger partial charge in [-0.05, 0) is 31.4 Å². The highest BCUT2D eigenvalue weighted by Gasteiger charge is 2.18. The second-order valence-corrected chi connectivity index (χ2v) is 4.86. The molecule has 94 valence electrons. The topological polar surface area (TPSA) is 59.2 Å². The van der Waals surface area contributed by atoms with Crippen LogP contribution in [-0.4, -0.2) is 28.9 Å². The average Bonchev–Trinajstić information content (AvgIpc) is 2.26. The molecule has 0 radical (unpaired) electrons. The standard InChI is InChI=1S/C13H21N3O/c1-9(2)7-10(3)16(4)13(17)11-5-6-15-12(14)8-11/h5-6,8-10H,7H2,1-4H3,(H2,14,15). The van der Waals surface area contributed by atoms with Crippen LogP contribution in [0.15, 0.2) is 18.3 Å². The fraction of sp³-hybridized carbons (Fsp3) is 0.538. The number of nitrogens with zero attached hydrogens (tertiary/aromatic N) is 2. The molecule has 4 heteroatoms. The van der Waals surface area contributed by atoms with Gasteiger partial charge in [0, 0.05) is 24.8 Å². The Labute approximate surface area is 103 Å². The summed E-state index contributed by atoms with van der Waals surface area (Å²) in [7, 11) is 1.83. The van der Waals surface area contributed by atoms with Gasteiger partial charge in [0.25, 0.3) is 5.91 Å². The number of rotatable bonds is 4. The number of nitrogens with two attached hydrogens (primary N) is 1. The van der Waals surface area contributed by atoms with Crippen LogP contribution >= 0.6 is 0 Å². The summed E-state index contributed by atoms with van der Waals surface area (Å²) in [6.45, 7) is 6.36. The Morgan fingerprint density at radius 3 is 2.65 bits per heavy atom. The molecule has 1 rings (SSSR count). The van der Waals surface area contributed by atoms with Gasteiger partial charge in [0.05, 0.1) is 0 Å². The normalized spacial score (nSPS) is 12.5. The van der Waals surface area contributed by atoms with Gasteiger partial charge in [0.1, 0.15) is 5.82 Å². The van der Waals surface area contributed by atoms with Crippen molar-refractivity contribution in [3.63, 3.8) is 0 Å². The largest absolute Gasteiger partial charge is 0.384 e. The highest BCUT2D eigenvalue weighted by atomic mass is 16.2. The van der Waals surface area contributed by atoms with E-state index >= 15 is 0 Å². The van der Waals surface area contributed by atoms with Crippen molar-refractivity contribution in [3.8, 4) is 0 Å². The smallest absolute Gasteiger partial charge is 0.254 e. The van der Waals surface area contributed by atoms with Gasteiger partial charge >= 0.3 is 0 Å². The molecule has 0 spiro atoms. The first-order chi connectivity index (χ1) is 7.91. The van der Waals surface area contributed by atoms with Crippen LogP contribution in [0.1, 0.15) is 37.6 Å². The Morgan fingerprint density at radius 2 is 2.12 bits per heavy atom. The SMILES string of the molecule is CC(C)CC(C)N(C)C(=O)c1ccnc(N)c1. The minimum absolute atomic E-state index is 0.00718. The van der Waals surface area contributed by atoms with E-state index in [1.54, 1.807) is 23.2 Å². The van der Waals surface area contributed by atoms with Gasteiger partial charge < -0.3 is 10.6 Å². The van der Waals surface area contributed by atoms with E-state index < -0.39 is 0 Å². The molecule has 0 saturated heterocycles. The van der Waals surface area contributed by atoms with Gasteiger partial charge in [-0.1, -0.05) is 13.8 Å². The first-order valence-electron chi connectivity index (χ1n) is 5.90. The van der Waals surface area contributed by atoms with Crippen molar-refractivity contribution in [2.45, 2.75) is 33.2 Å². The lowest BCUT2D eigenvalue weighted by Crippen LogP contribution is -2.35. The van der Waals surface area contributed by atoms with Crippen molar-refractivity contribution in [1.29, 1.82) is 0 Å². The fourth-order valence-corrected chi connectivity index (χ4v) is 1.83. The van der Waals surface area contributed by atoms with Gasteiger partial charge in [-0.3, -0.25) is 4.79 Å². The molecule has 0 aromatic carbocycles. The summed E-state index contributed by atoms with van der Waals surface area (Å²) >= 11 is 0. The molecule has 1 atom stereocenters.